The highest BCUT2D eigenvalue weighted by molar-refractivity contribution is 7.83. The predicted molar refractivity (Wildman–Crippen MR) is 38.2 cm³/mol. The Morgan fingerprint density at radius 3 is 2.67 bits per heavy atom. The van der Waals surface area contributed by atoms with Crippen molar-refractivity contribution in [2.24, 2.45) is 0 Å². The molecule has 48 valence electrons. The zero-order chi connectivity index (χ0) is 6.85. The molecular weight excluding hydrogens is 158 g/mol. The first-order valence-corrected chi connectivity index (χ1v) is 3.45. The number of rotatable bonds is 1. The smallest absolute Gasteiger partial charge is 0.258 e. The van der Waals surface area contributed by atoms with Gasteiger partial charge in [-0.05, 0) is 5.38 Å². The average molecular weight is 161 g/mol. The van der Waals surface area contributed by atoms with Crippen molar-refractivity contribution in [2.45, 2.75) is 4.21 Å². The highest BCUT2D eigenvalue weighted by Crippen LogP contribution is 2.27. The van der Waals surface area contributed by atoms with Gasteiger partial charge in [0, 0.05) is 6.07 Å². The molecule has 1 rings (SSSR count). The summed E-state index contributed by atoms with van der Waals surface area (Å²) in [6.07, 6.45) is 0. The van der Waals surface area contributed by atoms with Crippen LogP contribution in [-0.4, -0.2) is 4.92 Å². The molecule has 1 aromatic heterocycles. The first kappa shape index (κ1) is 6.57. The lowest BCUT2D eigenvalue weighted by molar-refractivity contribution is -0.387. The molecule has 0 fully saturated rings. The number of thiophene rings is 1. The Hall–Kier alpha value is -0.550. The van der Waals surface area contributed by atoms with E-state index >= 15 is 0 Å². The molecule has 0 atom stereocenters. The van der Waals surface area contributed by atoms with Crippen LogP contribution in [0.25, 0.3) is 0 Å². The number of nitro groups is 1. The summed E-state index contributed by atoms with van der Waals surface area (Å²) in [5.74, 6) is 0. The largest absolute Gasteiger partial charge is 0.293 e. The highest BCUT2D eigenvalue weighted by atomic mass is 32.2. The van der Waals surface area contributed by atoms with Gasteiger partial charge in [0.05, 0.1) is 4.92 Å². The van der Waals surface area contributed by atoms with Crippen molar-refractivity contribution in [3.63, 3.8) is 0 Å². The summed E-state index contributed by atoms with van der Waals surface area (Å²) >= 11 is 5.12. The zero-order valence-corrected chi connectivity index (χ0v) is 5.98. The number of hydrogen-bond donors (Lipinski definition) is 1. The SMILES string of the molecule is O=[N+]([O-])c1ccsc1S. The molecule has 9 heavy (non-hydrogen) atoms. The van der Waals surface area contributed by atoms with Gasteiger partial charge in [0.15, 0.2) is 0 Å². The number of thiol groups is 1. The molecule has 0 bridgehead atoms. The van der Waals surface area contributed by atoms with Gasteiger partial charge in [-0.1, -0.05) is 0 Å². The third-order valence-electron chi connectivity index (χ3n) is 0.821. The molecule has 0 radical (unpaired) electrons. The van der Waals surface area contributed by atoms with Crippen LogP contribution in [0.1, 0.15) is 0 Å². The van der Waals surface area contributed by atoms with E-state index in [4.69, 9.17) is 0 Å². The standard InChI is InChI=1S/C4H3NO2S2/c6-5(7)3-1-2-9-4(3)8/h1-2,8H. The number of hydrogen-bond acceptors (Lipinski definition) is 4. The lowest BCUT2D eigenvalue weighted by Crippen LogP contribution is -1.83. The van der Waals surface area contributed by atoms with Crippen molar-refractivity contribution in [1.29, 1.82) is 0 Å². The summed E-state index contributed by atoms with van der Waals surface area (Å²) in [5, 5.41) is 11.7. The van der Waals surface area contributed by atoms with Crippen LogP contribution in [0.2, 0.25) is 0 Å². The Labute approximate surface area is 60.9 Å². The van der Waals surface area contributed by atoms with E-state index in [-0.39, 0.29) is 5.69 Å². The third kappa shape index (κ3) is 1.22. The summed E-state index contributed by atoms with van der Waals surface area (Å²) in [5.41, 5.74) is 0.0864. The fourth-order valence-corrected chi connectivity index (χ4v) is 1.36. The minimum absolute atomic E-state index is 0.0864. The minimum atomic E-state index is -0.446. The van der Waals surface area contributed by atoms with Crippen molar-refractivity contribution in [1.82, 2.24) is 0 Å². The topological polar surface area (TPSA) is 43.1 Å². The Balaban J connectivity index is 3.08. The van der Waals surface area contributed by atoms with Crippen LogP contribution in [0, 0.1) is 10.1 Å². The van der Waals surface area contributed by atoms with E-state index in [1.807, 2.05) is 0 Å². The fourth-order valence-electron chi connectivity index (χ4n) is 0.434. The first-order chi connectivity index (χ1) is 4.22. The fraction of sp³-hybridized carbons (Fsp3) is 0. The molecule has 0 saturated heterocycles. The maximum absolute atomic E-state index is 10.0. The van der Waals surface area contributed by atoms with Crippen LogP contribution in [-0.2, 0) is 0 Å². The van der Waals surface area contributed by atoms with Gasteiger partial charge in [0.25, 0.3) is 5.69 Å². The Morgan fingerprint density at radius 1 is 1.78 bits per heavy atom. The second-order valence-corrected chi connectivity index (χ2v) is 3.03. The van der Waals surface area contributed by atoms with Gasteiger partial charge >= 0.3 is 0 Å². The van der Waals surface area contributed by atoms with Crippen molar-refractivity contribution >= 4 is 29.7 Å². The van der Waals surface area contributed by atoms with Crippen LogP contribution < -0.4 is 0 Å². The van der Waals surface area contributed by atoms with Crippen molar-refractivity contribution in [3.8, 4) is 0 Å². The maximum Gasteiger partial charge on any atom is 0.293 e. The lowest BCUT2D eigenvalue weighted by atomic mass is 10.6. The number of nitrogens with zero attached hydrogens (tertiary/aromatic N) is 1. The normalized spacial score (nSPS) is 9.44. The van der Waals surface area contributed by atoms with E-state index < -0.39 is 4.92 Å². The predicted octanol–water partition coefficient (Wildman–Crippen LogP) is 1.94. The average Bonchev–Trinajstić information content (AvgIpc) is 2.13. The molecule has 0 aliphatic heterocycles. The molecule has 1 aromatic rings. The maximum atomic E-state index is 10.0. The Kier molecular flexibility index (Phi) is 1.73. The molecule has 0 aliphatic rings. The Bertz CT molecular complexity index is 232. The van der Waals surface area contributed by atoms with Crippen LogP contribution in [0.4, 0.5) is 5.69 Å². The van der Waals surface area contributed by atoms with Gasteiger partial charge in [-0.25, -0.2) is 0 Å². The lowest BCUT2D eigenvalue weighted by Gasteiger charge is -1.82. The van der Waals surface area contributed by atoms with Gasteiger partial charge in [-0.2, -0.15) is 0 Å². The van der Waals surface area contributed by atoms with Crippen molar-refractivity contribution in [2.75, 3.05) is 0 Å². The molecule has 0 amide bonds. The Morgan fingerprint density at radius 2 is 2.44 bits per heavy atom. The molecule has 1 heterocycles. The third-order valence-corrected chi connectivity index (χ3v) is 2.07. The molecule has 0 spiro atoms. The second kappa shape index (κ2) is 2.36. The molecule has 0 N–H and O–H groups in total. The van der Waals surface area contributed by atoms with E-state index in [9.17, 15) is 10.1 Å². The molecule has 3 nitrogen and oxygen atoms in total. The van der Waals surface area contributed by atoms with Gasteiger partial charge in [-0.3, -0.25) is 10.1 Å². The summed E-state index contributed by atoms with van der Waals surface area (Å²) in [6.45, 7) is 0. The molecule has 0 aromatic carbocycles. The molecule has 5 heteroatoms. The molecule has 0 aliphatic carbocycles. The summed E-state index contributed by atoms with van der Waals surface area (Å²) in [6, 6.07) is 1.44. The van der Waals surface area contributed by atoms with Crippen LogP contribution >= 0.6 is 24.0 Å². The second-order valence-electron chi connectivity index (χ2n) is 1.37. The summed E-state index contributed by atoms with van der Waals surface area (Å²) < 4.78 is 0.458. The molecular formula is C4H3NO2S2. The van der Waals surface area contributed by atoms with E-state index in [1.54, 1.807) is 5.38 Å². The minimum Gasteiger partial charge on any atom is -0.258 e. The van der Waals surface area contributed by atoms with E-state index in [1.165, 1.54) is 17.4 Å². The van der Waals surface area contributed by atoms with E-state index in [2.05, 4.69) is 12.6 Å². The quantitative estimate of drug-likeness (QED) is 0.388. The monoisotopic (exact) mass is 161 g/mol. The van der Waals surface area contributed by atoms with Gasteiger partial charge < -0.3 is 0 Å². The van der Waals surface area contributed by atoms with Crippen LogP contribution in [0.15, 0.2) is 15.7 Å². The molecule has 0 saturated carbocycles. The van der Waals surface area contributed by atoms with Crippen molar-refractivity contribution in [3.05, 3.63) is 21.6 Å². The zero-order valence-electron chi connectivity index (χ0n) is 4.27. The van der Waals surface area contributed by atoms with Gasteiger partial charge in [-0.15, -0.1) is 24.0 Å². The molecule has 0 unspecified atom stereocenters. The van der Waals surface area contributed by atoms with Gasteiger partial charge in [0.1, 0.15) is 4.21 Å². The summed E-state index contributed by atoms with van der Waals surface area (Å²) in [7, 11) is 0. The van der Waals surface area contributed by atoms with Crippen molar-refractivity contribution < 1.29 is 4.92 Å². The van der Waals surface area contributed by atoms with E-state index in [0.29, 0.717) is 4.21 Å². The highest BCUT2D eigenvalue weighted by Gasteiger charge is 2.09. The van der Waals surface area contributed by atoms with Gasteiger partial charge in [0.2, 0.25) is 0 Å². The summed E-state index contributed by atoms with van der Waals surface area (Å²) in [4.78, 5) is 9.60. The van der Waals surface area contributed by atoms with Crippen LogP contribution in [0.5, 0.6) is 0 Å². The first-order valence-electron chi connectivity index (χ1n) is 2.12. The van der Waals surface area contributed by atoms with E-state index in [0.717, 1.165) is 0 Å². The van der Waals surface area contributed by atoms with Crippen LogP contribution in [0.3, 0.4) is 0 Å².